The van der Waals surface area contributed by atoms with E-state index >= 15 is 0 Å². The van der Waals surface area contributed by atoms with E-state index in [-0.39, 0.29) is 12.1 Å². The van der Waals surface area contributed by atoms with Gasteiger partial charge in [-0.25, -0.2) is 4.79 Å². The van der Waals surface area contributed by atoms with Crippen LogP contribution < -0.4 is 4.74 Å². The summed E-state index contributed by atoms with van der Waals surface area (Å²) in [5.41, 5.74) is 3.90. The molecule has 0 bridgehead atoms. The topological polar surface area (TPSA) is 56.6 Å². The van der Waals surface area contributed by atoms with Gasteiger partial charge in [0.1, 0.15) is 12.2 Å². The third kappa shape index (κ3) is 4.84. The fourth-order valence-electron chi connectivity index (χ4n) is 4.01. The second-order valence-electron chi connectivity index (χ2n) is 9.18. The summed E-state index contributed by atoms with van der Waals surface area (Å²) in [6.07, 6.45) is 1.58. The molecule has 31 heavy (non-hydrogen) atoms. The van der Waals surface area contributed by atoms with E-state index in [1.165, 1.54) is 11.1 Å². The van der Waals surface area contributed by atoms with Crippen molar-refractivity contribution in [2.45, 2.75) is 58.7 Å². The summed E-state index contributed by atoms with van der Waals surface area (Å²) >= 11 is 0. The third-order valence-electron chi connectivity index (χ3n) is 5.62. The molecule has 1 aromatic heterocycles. The van der Waals surface area contributed by atoms with Gasteiger partial charge in [0.2, 0.25) is 0 Å². The molecule has 3 aromatic rings. The molecule has 0 saturated carbocycles. The first-order valence-corrected chi connectivity index (χ1v) is 10.9. The molecule has 0 spiro atoms. The number of amides is 1. The average molecular weight is 422 g/mol. The molecule has 6 heteroatoms. The molecule has 0 aliphatic carbocycles. The number of fused-ring (bicyclic) bond motifs is 1. The number of ether oxygens (including phenoxy) is 2. The number of rotatable bonds is 5. The Hall–Kier alpha value is -3.02. The van der Waals surface area contributed by atoms with Gasteiger partial charge in [0.25, 0.3) is 6.01 Å². The minimum Gasteiger partial charge on any atom is -0.462 e. The summed E-state index contributed by atoms with van der Waals surface area (Å²) in [6, 6.07) is 17.0. The maximum absolute atomic E-state index is 12.6. The van der Waals surface area contributed by atoms with Gasteiger partial charge in [-0.2, -0.15) is 4.98 Å². The van der Waals surface area contributed by atoms with Crippen LogP contribution in [0.2, 0.25) is 0 Å². The number of nitrogens with zero attached hydrogens (tertiary/aromatic N) is 3. The summed E-state index contributed by atoms with van der Waals surface area (Å²) in [6.45, 7) is 9.56. The molecule has 2 aromatic carbocycles. The summed E-state index contributed by atoms with van der Waals surface area (Å²) in [5, 5.41) is 0. The number of para-hydroxylation sites is 2. The van der Waals surface area contributed by atoms with Crippen LogP contribution in [-0.4, -0.2) is 45.3 Å². The number of hydrogen-bond acceptors (Lipinski definition) is 4. The normalized spacial score (nSPS) is 16.6. The highest BCUT2D eigenvalue weighted by molar-refractivity contribution is 5.76. The second kappa shape index (κ2) is 8.61. The fraction of sp³-hybridized carbons (Fsp3) is 0.440. The van der Waals surface area contributed by atoms with Crippen molar-refractivity contribution in [1.29, 1.82) is 0 Å². The second-order valence-corrected chi connectivity index (χ2v) is 9.18. The average Bonchev–Trinajstić information content (AvgIpc) is 3.32. The van der Waals surface area contributed by atoms with Crippen molar-refractivity contribution in [3.05, 3.63) is 59.7 Å². The lowest BCUT2D eigenvalue weighted by atomic mass is 10.1. The van der Waals surface area contributed by atoms with Crippen LogP contribution in [0.15, 0.2) is 48.5 Å². The molecule has 6 nitrogen and oxygen atoms in total. The first-order chi connectivity index (χ1) is 14.8. The first kappa shape index (κ1) is 21.2. The Morgan fingerprint density at radius 1 is 1.13 bits per heavy atom. The summed E-state index contributed by atoms with van der Waals surface area (Å²) in [7, 11) is 0. The fourth-order valence-corrected chi connectivity index (χ4v) is 4.01. The maximum atomic E-state index is 12.6. The molecule has 4 rings (SSSR count). The van der Waals surface area contributed by atoms with Crippen molar-refractivity contribution in [1.82, 2.24) is 14.5 Å². The van der Waals surface area contributed by atoms with Gasteiger partial charge < -0.3 is 14.4 Å². The lowest BCUT2D eigenvalue weighted by Gasteiger charge is -2.28. The SMILES string of the molecule is Cc1ccccc1Cn1c(OC[C@@H]2CCCN2C(=O)OC(C)(C)C)nc2ccccc21. The van der Waals surface area contributed by atoms with Crippen LogP contribution in [-0.2, 0) is 11.3 Å². The molecule has 2 heterocycles. The molecule has 0 N–H and O–H groups in total. The van der Waals surface area contributed by atoms with E-state index in [9.17, 15) is 4.79 Å². The number of benzene rings is 2. The van der Waals surface area contributed by atoms with E-state index in [4.69, 9.17) is 14.5 Å². The number of likely N-dealkylation sites (tertiary alicyclic amines) is 1. The Morgan fingerprint density at radius 3 is 2.65 bits per heavy atom. The Labute approximate surface area is 183 Å². The minimum absolute atomic E-state index is 0.0124. The van der Waals surface area contributed by atoms with Gasteiger partial charge in [-0.15, -0.1) is 0 Å². The Balaban J connectivity index is 1.54. The number of carbonyl (C=O) groups is 1. The highest BCUT2D eigenvalue weighted by atomic mass is 16.6. The summed E-state index contributed by atoms with van der Waals surface area (Å²) in [5.74, 6) is 0. The molecule has 0 unspecified atom stereocenters. The molecule has 1 atom stereocenters. The van der Waals surface area contributed by atoms with E-state index in [1.54, 1.807) is 4.90 Å². The molecular formula is C25H31N3O3. The van der Waals surface area contributed by atoms with Crippen molar-refractivity contribution in [2.75, 3.05) is 13.2 Å². The van der Waals surface area contributed by atoms with Crippen LogP contribution in [0.5, 0.6) is 6.01 Å². The number of aryl methyl sites for hydroxylation is 1. The van der Waals surface area contributed by atoms with Crippen molar-refractivity contribution < 1.29 is 14.3 Å². The smallest absolute Gasteiger partial charge is 0.410 e. The van der Waals surface area contributed by atoms with Gasteiger partial charge in [0.05, 0.1) is 23.6 Å². The standard InChI is InChI=1S/C25H31N3O3/c1-18-10-5-6-11-19(18)16-28-22-14-8-7-13-21(22)26-23(28)30-17-20-12-9-15-27(20)24(29)31-25(2,3)4/h5-8,10-11,13-14,20H,9,12,15-17H2,1-4H3/t20-/m0/s1. The molecule has 1 fully saturated rings. The van der Waals surface area contributed by atoms with Crippen molar-refractivity contribution in [2.24, 2.45) is 0 Å². The molecule has 1 saturated heterocycles. The van der Waals surface area contributed by atoms with Crippen LogP contribution in [0, 0.1) is 6.92 Å². The molecular weight excluding hydrogens is 390 g/mol. The van der Waals surface area contributed by atoms with E-state index in [2.05, 4.69) is 35.8 Å². The lowest BCUT2D eigenvalue weighted by Crippen LogP contribution is -2.42. The van der Waals surface area contributed by atoms with Crippen LogP contribution in [0.3, 0.4) is 0 Å². The van der Waals surface area contributed by atoms with Gasteiger partial charge in [-0.3, -0.25) is 4.57 Å². The van der Waals surface area contributed by atoms with Gasteiger partial charge in [-0.05, 0) is 63.8 Å². The summed E-state index contributed by atoms with van der Waals surface area (Å²) in [4.78, 5) is 19.1. The van der Waals surface area contributed by atoms with Crippen molar-refractivity contribution in [3.63, 3.8) is 0 Å². The minimum atomic E-state index is -0.507. The predicted octanol–water partition coefficient (Wildman–Crippen LogP) is 5.17. The van der Waals surface area contributed by atoms with E-state index in [1.807, 2.05) is 45.0 Å². The number of imidazole rings is 1. The Morgan fingerprint density at radius 2 is 1.87 bits per heavy atom. The van der Waals surface area contributed by atoms with Gasteiger partial charge >= 0.3 is 6.09 Å². The van der Waals surface area contributed by atoms with Crippen LogP contribution >= 0.6 is 0 Å². The predicted molar refractivity (Wildman–Crippen MR) is 121 cm³/mol. The molecule has 1 aliphatic rings. The van der Waals surface area contributed by atoms with Gasteiger partial charge in [0, 0.05) is 6.54 Å². The first-order valence-electron chi connectivity index (χ1n) is 10.9. The van der Waals surface area contributed by atoms with Crippen LogP contribution in [0.25, 0.3) is 11.0 Å². The zero-order valence-corrected chi connectivity index (χ0v) is 18.8. The van der Waals surface area contributed by atoms with E-state index in [0.717, 1.165) is 23.9 Å². The monoisotopic (exact) mass is 421 g/mol. The van der Waals surface area contributed by atoms with E-state index < -0.39 is 5.60 Å². The molecule has 1 aliphatic heterocycles. The lowest BCUT2D eigenvalue weighted by molar-refractivity contribution is 0.0183. The Kier molecular flexibility index (Phi) is 5.90. The maximum Gasteiger partial charge on any atom is 0.410 e. The Bertz CT molecular complexity index is 1070. The van der Waals surface area contributed by atoms with Crippen molar-refractivity contribution >= 4 is 17.1 Å². The van der Waals surface area contributed by atoms with Gasteiger partial charge in [-0.1, -0.05) is 36.4 Å². The largest absolute Gasteiger partial charge is 0.462 e. The van der Waals surface area contributed by atoms with Crippen LogP contribution in [0.1, 0.15) is 44.7 Å². The number of carbonyl (C=O) groups excluding carboxylic acids is 1. The zero-order chi connectivity index (χ0) is 22.0. The molecule has 164 valence electrons. The van der Waals surface area contributed by atoms with Gasteiger partial charge in [0.15, 0.2) is 0 Å². The van der Waals surface area contributed by atoms with Crippen LogP contribution in [0.4, 0.5) is 4.79 Å². The highest BCUT2D eigenvalue weighted by Crippen LogP contribution is 2.26. The summed E-state index contributed by atoms with van der Waals surface area (Å²) < 4.78 is 13.9. The highest BCUT2D eigenvalue weighted by Gasteiger charge is 2.33. The quantitative estimate of drug-likeness (QED) is 0.570. The zero-order valence-electron chi connectivity index (χ0n) is 18.8. The van der Waals surface area contributed by atoms with Crippen molar-refractivity contribution in [3.8, 4) is 6.01 Å². The molecule has 1 amide bonds. The van der Waals surface area contributed by atoms with E-state index in [0.29, 0.717) is 25.7 Å². The molecule has 0 radical (unpaired) electrons. The number of hydrogen-bond donors (Lipinski definition) is 0. The third-order valence-corrected chi connectivity index (χ3v) is 5.62. The number of aromatic nitrogens is 2.